The van der Waals surface area contributed by atoms with Crippen molar-refractivity contribution in [3.8, 4) is 11.5 Å². The highest BCUT2D eigenvalue weighted by Gasteiger charge is 2.59. The Hall–Kier alpha value is -2.13. The van der Waals surface area contributed by atoms with Crippen LogP contribution in [0.15, 0.2) is 18.2 Å². The second kappa shape index (κ2) is 5.70. The Morgan fingerprint density at radius 2 is 1.67 bits per heavy atom. The molecule has 0 heterocycles. The summed E-state index contributed by atoms with van der Waals surface area (Å²) in [5.41, 5.74) is -0.853. The van der Waals surface area contributed by atoms with Crippen LogP contribution in [0.5, 0.6) is 11.5 Å². The first kappa shape index (κ1) is 16.9. The molecule has 0 aliphatic rings. The molecule has 4 nitrogen and oxygen atoms in total. The average molecular weight is 318 g/mol. The zero-order chi connectivity index (χ0) is 16.4. The third kappa shape index (κ3) is 4.17. The number of methoxy groups -OCH3 is 1. The molecule has 1 N–H and O–H groups in total. The van der Waals surface area contributed by atoms with Gasteiger partial charge in [0.2, 0.25) is 0 Å². The lowest BCUT2D eigenvalue weighted by Gasteiger charge is -2.24. The maximum atomic E-state index is 12.4. The lowest BCUT2D eigenvalue weighted by atomic mass is 10.2. The van der Waals surface area contributed by atoms with Gasteiger partial charge in [-0.1, -0.05) is 0 Å². The van der Waals surface area contributed by atoms with Crippen LogP contribution in [0.3, 0.4) is 0 Å². The van der Waals surface area contributed by atoms with E-state index in [-0.39, 0.29) is 5.75 Å². The van der Waals surface area contributed by atoms with Crippen molar-refractivity contribution >= 4 is 5.97 Å². The van der Waals surface area contributed by atoms with Gasteiger partial charge >= 0.3 is 18.3 Å². The first-order chi connectivity index (χ1) is 9.46. The van der Waals surface area contributed by atoms with E-state index < -0.39 is 35.7 Å². The topological polar surface area (TPSA) is 55.8 Å². The summed E-state index contributed by atoms with van der Waals surface area (Å²) in [5, 5.41) is 8.76. The van der Waals surface area contributed by atoms with E-state index in [0.29, 0.717) is 6.07 Å². The summed E-state index contributed by atoms with van der Waals surface area (Å²) in [6, 6.07) is 2.47. The highest BCUT2D eigenvalue weighted by atomic mass is 19.4. The normalized spacial score (nSPS) is 12.4. The zero-order valence-electron chi connectivity index (χ0n) is 10.2. The smallest absolute Gasteiger partial charge is 0.434 e. The van der Waals surface area contributed by atoms with Crippen LogP contribution in [-0.2, 0) is 0 Å². The highest BCUT2D eigenvalue weighted by molar-refractivity contribution is 5.91. The van der Waals surface area contributed by atoms with Gasteiger partial charge in [0.25, 0.3) is 6.10 Å². The number of halogens is 6. The summed E-state index contributed by atoms with van der Waals surface area (Å²) in [6.45, 7) is 0. The fraction of sp³-hybridized carbons (Fsp3) is 0.364. The number of carboxylic acid groups (broad SMARTS) is 1. The third-order valence-corrected chi connectivity index (χ3v) is 2.26. The summed E-state index contributed by atoms with van der Waals surface area (Å²) < 4.78 is 82.8. The van der Waals surface area contributed by atoms with E-state index in [0.717, 1.165) is 19.2 Å². The fourth-order valence-corrected chi connectivity index (χ4v) is 1.35. The SMILES string of the molecule is COc1ccc(C(=O)O)c(OC(C(F)(F)F)C(F)(F)F)c1. The maximum absolute atomic E-state index is 12.4. The minimum atomic E-state index is -5.75. The summed E-state index contributed by atoms with van der Waals surface area (Å²) >= 11 is 0. The maximum Gasteiger partial charge on any atom is 0.434 e. The molecule has 1 aromatic carbocycles. The Bertz CT molecular complexity index is 508. The number of ether oxygens (including phenoxy) is 2. The molecular weight excluding hydrogens is 310 g/mol. The van der Waals surface area contributed by atoms with E-state index in [2.05, 4.69) is 9.47 Å². The van der Waals surface area contributed by atoms with E-state index in [4.69, 9.17) is 5.11 Å². The number of benzene rings is 1. The van der Waals surface area contributed by atoms with Gasteiger partial charge in [0.15, 0.2) is 0 Å². The van der Waals surface area contributed by atoms with E-state index >= 15 is 0 Å². The Kier molecular flexibility index (Phi) is 4.59. The Morgan fingerprint density at radius 3 is 2.05 bits per heavy atom. The molecular formula is C11H8F6O4. The lowest BCUT2D eigenvalue weighted by molar-refractivity contribution is -0.300. The minimum Gasteiger partial charge on any atom is -0.497 e. The molecule has 0 fully saturated rings. The van der Waals surface area contributed by atoms with Crippen molar-refractivity contribution in [2.75, 3.05) is 7.11 Å². The van der Waals surface area contributed by atoms with Gasteiger partial charge < -0.3 is 14.6 Å². The van der Waals surface area contributed by atoms with Crippen molar-refractivity contribution in [3.05, 3.63) is 23.8 Å². The molecule has 0 spiro atoms. The van der Waals surface area contributed by atoms with Crippen molar-refractivity contribution in [2.24, 2.45) is 0 Å². The zero-order valence-corrected chi connectivity index (χ0v) is 10.2. The van der Waals surface area contributed by atoms with Gasteiger partial charge in [0.05, 0.1) is 7.11 Å². The van der Waals surface area contributed by atoms with Crippen molar-refractivity contribution in [1.29, 1.82) is 0 Å². The molecule has 0 amide bonds. The molecule has 0 saturated carbocycles. The predicted molar refractivity (Wildman–Crippen MR) is 56.5 cm³/mol. The number of rotatable bonds is 4. The monoisotopic (exact) mass is 318 g/mol. The van der Waals surface area contributed by atoms with Gasteiger partial charge in [0.1, 0.15) is 17.1 Å². The van der Waals surface area contributed by atoms with E-state index in [9.17, 15) is 31.1 Å². The molecule has 10 heteroatoms. The molecule has 0 atom stereocenters. The quantitative estimate of drug-likeness (QED) is 0.866. The van der Waals surface area contributed by atoms with E-state index in [1.54, 1.807) is 0 Å². The summed E-state index contributed by atoms with van der Waals surface area (Å²) in [4.78, 5) is 10.8. The predicted octanol–water partition coefficient (Wildman–Crippen LogP) is 3.27. The molecule has 0 aliphatic heterocycles. The number of carbonyl (C=O) groups is 1. The second-order valence-corrected chi connectivity index (χ2v) is 3.75. The summed E-state index contributed by atoms with van der Waals surface area (Å²) in [7, 11) is 1.10. The number of hydrogen-bond acceptors (Lipinski definition) is 3. The number of aromatic carboxylic acids is 1. The molecule has 0 saturated heterocycles. The van der Waals surface area contributed by atoms with Gasteiger partial charge in [0, 0.05) is 6.07 Å². The molecule has 118 valence electrons. The lowest BCUT2D eigenvalue weighted by Crippen LogP contribution is -2.46. The molecule has 1 aromatic rings. The van der Waals surface area contributed by atoms with Crippen LogP contribution in [0, 0.1) is 0 Å². The number of alkyl halides is 6. The van der Waals surface area contributed by atoms with Crippen LogP contribution in [-0.4, -0.2) is 36.6 Å². The first-order valence-corrected chi connectivity index (χ1v) is 5.18. The third-order valence-electron chi connectivity index (χ3n) is 2.26. The van der Waals surface area contributed by atoms with E-state index in [1.807, 2.05) is 0 Å². The Balaban J connectivity index is 3.28. The Morgan fingerprint density at radius 1 is 1.14 bits per heavy atom. The molecule has 0 aliphatic carbocycles. The average Bonchev–Trinajstić information content (AvgIpc) is 2.32. The molecule has 0 bridgehead atoms. The van der Waals surface area contributed by atoms with Crippen molar-refractivity contribution < 1.29 is 45.7 Å². The van der Waals surface area contributed by atoms with Crippen LogP contribution in [0.25, 0.3) is 0 Å². The van der Waals surface area contributed by atoms with Gasteiger partial charge in [-0.15, -0.1) is 0 Å². The minimum absolute atomic E-state index is 0.155. The largest absolute Gasteiger partial charge is 0.497 e. The first-order valence-electron chi connectivity index (χ1n) is 5.18. The van der Waals surface area contributed by atoms with Gasteiger partial charge in [-0.05, 0) is 12.1 Å². The standard InChI is InChI=1S/C11H8F6O4/c1-20-5-2-3-6(8(18)19)7(4-5)21-9(10(12,13)14)11(15,16)17/h2-4,9H,1H3,(H,18,19). The summed E-state index contributed by atoms with van der Waals surface area (Å²) in [5.74, 6) is -2.99. The van der Waals surface area contributed by atoms with Gasteiger partial charge in [-0.2, -0.15) is 26.3 Å². The van der Waals surface area contributed by atoms with Crippen molar-refractivity contribution in [1.82, 2.24) is 0 Å². The van der Waals surface area contributed by atoms with Crippen LogP contribution in [0.4, 0.5) is 26.3 Å². The summed E-state index contributed by atoms with van der Waals surface area (Å²) in [6.07, 6.45) is -15.6. The molecule has 0 unspecified atom stereocenters. The van der Waals surface area contributed by atoms with Crippen LogP contribution in [0.2, 0.25) is 0 Å². The van der Waals surface area contributed by atoms with E-state index in [1.165, 1.54) is 0 Å². The van der Waals surface area contributed by atoms with Crippen LogP contribution >= 0.6 is 0 Å². The van der Waals surface area contributed by atoms with Crippen molar-refractivity contribution in [2.45, 2.75) is 18.5 Å². The second-order valence-electron chi connectivity index (χ2n) is 3.75. The van der Waals surface area contributed by atoms with Crippen molar-refractivity contribution in [3.63, 3.8) is 0 Å². The molecule has 0 radical (unpaired) electrons. The highest BCUT2D eigenvalue weighted by Crippen LogP contribution is 2.38. The van der Waals surface area contributed by atoms with Crippen LogP contribution < -0.4 is 9.47 Å². The Labute approximate surface area is 113 Å². The molecule has 1 rings (SSSR count). The van der Waals surface area contributed by atoms with Gasteiger partial charge in [-0.3, -0.25) is 0 Å². The van der Waals surface area contributed by atoms with Crippen LogP contribution in [0.1, 0.15) is 10.4 Å². The molecule has 0 aromatic heterocycles. The number of hydrogen-bond donors (Lipinski definition) is 1. The van der Waals surface area contributed by atoms with Gasteiger partial charge in [-0.25, -0.2) is 4.79 Å². The fourth-order valence-electron chi connectivity index (χ4n) is 1.35. The number of carboxylic acids is 1. The molecule has 21 heavy (non-hydrogen) atoms.